The lowest BCUT2D eigenvalue weighted by atomic mass is 9.95. The van der Waals surface area contributed by atoms with Crippen molar-refractivity contribution in [3.63, 3.8) is 0 Å². The zero-order valence-electron chi connectivity index (χ0n) is 14.4. The Labute approximate surface area is 128 Å². The minimum atomic E-state index is -0.354. The normalized spacial score (nSPS) is 13.7. The molecule has 1 aromatic heterocycles. The molecule has 1 heterocycles. The fourth-order valence-corrected chi connectivity index (χ4v) is 2.57. The Morgan fingerprint density at radius 1 is 1.43 bits per heavy atom. The van der Waals surface area contributed by atoms with E-state index in [1.165, 1.54) is 0 Å². The van der Waals surface area contributed by atoms with E-state index < -0.39 is 0 Å². The maximum absolute atomic E-state index is 5.92. The first-order valence-corrected chi connectivity index (χ1v) is 7.43. The Morgan fingerprint density at radius 3 is 2.57 bits per heavy atom. The molecule has 0 fully saturated rings. The maximum Gasteiger partial charge on any atom is 0.161 e. The second kappa shape index (κ2) is 7.77. The maximum atomic E-state index is 5.92. The predicted molar refractivity (Wildman–Crippen MR) is 84.8 cm³/mol. The summed E-state index contributed by atoms with van der Waals surface area (Å²) in [6.07, 6.45) is 1.78. The summed E-state index contributed by atoms with van der Waals surface area (Å²) in [5, 5.41) is 7.82. The molecule has 1 rings (SSSR count). The lowest BCUT2D eigenvalue weighted by Gasteiger charge is -2.34. The molecule has 1 N–H and O–H groups in total. The number of methoxy groups -OCH3 is 1. The average Bonchev–Trinajstić information content (AvgIpc) is 2.79. The molecule has 122 valence electrons. The van der Waals surface area contributed by atoms with Crippen molar-refractivity contribution in [2.75, 3.05) is 41.4 Å². The molecular formula is C15H30N4O2. The summed E-state index contributed by atoms with van der Waals surface area (Å²) >= 11 is 0. The van der Waals surface area contributed by atoms with Gasteiger partial charge in [-0.2, -0.15) is 5.10 Å². The Balaban J connectivity index is 3.13. The second-order valence-electron chi connectivity index (χ2n) is 5.88. The van der Waals surface area contributed by atoms with Crippen molar-refractivity contribution < 1.29 is 9.47 Å². The van der Waals surface area contributed by atoms with E-state index in [1.807, 2.05) is 18.7 Å². The molecule has 1 aromatic rings. The van der Waals surface area contributed by atoms with Gasteiger partial charge in [0.2, 0.25) is 0 Å². The SMILES string of the molecule is CCOC(C)(C)C(NC)c1c(OC)cnn1CCN(C)C. The van der Waals surface area contributed by atoms with Crippen molar-refractivity contribution in [3.8, 4) is 5.75 Å². The molecule has 0 aliphatic heterocycles. The molecule has 0 aliphatic rings. The minimum Gasteiger partial charge on any atom is -0.493 e. The van der Waals surface area contributed by atoms with E-state index in [0.717, 1.165) is 24.5 Å². The van der Waals surface area contributed by atoms with Crippen LogP contribution in [-0.2, 0) is 11.3 Å². The summed E-state index contributed by atoms with van der Waals surface area (Å²) in [4.78, 5) is 2.14. The van der Waals surface area contributed by atoms with Gasteiger partial charge in [0, 0.05) is 13.2 Å². The molecule has 1 atom stereocenters. The molecule has 0 spiro atoms. The highest BCUT2D eigenvalue weighted by Crippen LogP contribution is 2.34. The summed E-state index contributed by atoms with van der Waals surface area (Å²) in [5.74, 6) is 0.792. The lowest BCUT2D eigenvalue weighted by Crippen LogP contribution is -2.41. The summed E-state index contributed by atoms with van der Waals surface area (Å²) in [7, 11) is 7.73. The number of rotatable bonds is 9. The van der Waals surface area contributed by atoms with Gasteiger partial charge in [0.05, 0.1) is 31.5 Å². The van der Waals surface area contributed by atoms with Crippen molar-refractivity contribution >= 4 is 0 Å². The van der Waals surface area contributed by atoms with Crippen molar-refractivity contribution in [1.82, 2.24) is 20.0 Å². The third-order valence-electron chi connectivity index (χ3n) is 3.60. The molecule has 0 amide bonds. The van der Waals surface area contributed by atoms with Crippen LogP contribution in [-0.4, -0.2) is 61.7 Å². The molecule has 0 radical (unpaired) electrons. The molecule has 0 aromatic carbocycles. The van der Waals surface area contributed by atoms with Crippen LogP contribution in [0, 0.1) is 0 Å². The number of nitrogens with zero attached hydrogens (tertiary/aromatic N) is 3. The summed E-state index contributed by atoms with van der Waals surface area (Å²) in [5.41, 5.74) is 0.674. The fourth-order valence-electron chi connectivity index (χ4n) is 2.57. The van der Waals surface area contributed by atoms with Gasteiger partial charge in [-0.15, -0.1) is 0 Å². The van der Waals surface area contributed by atoms with E-state index in [2.05, 4.69) is 43.3 Å². The van der Waals surface area contributed by atoms with Crippen LogP contribution in [0.2, 0.25) is 0 Å². The van der Waals surface area contributed by atoms with Gasteiger partial charge in [-0.1, -0.05) is 0 Å². The summed E-state index contributed by atoms with van der Waals surface area (Å²) < 4.78 is 13.4. The van der Waals surface area contributed by atoms with Gasteiger partial charge in [-0.3, -0.25) is 4.68 Å². The van der Waals surface area contributed by atoms with E-state index in [4.69, 9.17) is 9.47 Å². The van der Waals surface area contributed by atoms with Crippen molar-refractivity contribution in [3.05, 3.63) is 11.9 Å². The summed E-state index contributed by atoms with van der Waals surface area (Å²) in [6, 6.07) is -0.00272. The highest BCUT2D eigenvalue weighted by molar-refractivity contribution is 5.30. The van der Waals surface area contributed by atoms with E-state index >= 15 is 0 Å². The topological polar surface area (TPSA) is 51.5 Å². The van der Waals surface area contributed by atoms with Crippen LogP contribution in [0.15, 0.2) is 6.20 Å². The largest absolute Gasteiger partial charge is 0.493 e. The van der Waals surface area contributed by atoms with Gasteiger partial charge in [0.15, 0.2) is 5.75 Å². The number of hydrogen-bond donors (Lipinski definition) is 1. The van der Waals surface area contributed by atoms with Gasteiger partial charge in [0.1, 0.15) is 5.69 Å². The zero-order chi connectivity index (χ0) is 16.0. The molecule has 0 bridgehead atoms. The highest BCUT2D eigenvalue weighted by Gasteiger charge is 2.35. The smallest absolute Gasteiger partial charge is 0.161 e. The van der Waals surface area contributed by atoms with E-state index in [0.29, 0.717) is 6.61 Å². The Bertz CT molecular complexity index is 429. The average molecular weight is 298 g/mol. The molecular weight excluding hydrogens is 268 g/mol. The van der Waals surface area contributed by atoms with Gasteiger partial charge in [0.25, 0.3) is 0 Å². The lowest BCUT2D eigenvalue weighted by molar-refractivity contribution is -0.0400. The quantitative estimate of drug-likeness (QED) is 0.749. The molecule has 0 saturated carbocycles. The third kappa shape index (κ3) is 4.43. The van der Waals surface area contributed by atoms with Crippen LogP contribution >= 0.6 is 0 Å². The van der Waals surface area contributed by atoms with Crippen LogP contribution in [0.4, 0.5) is 0 Å². The zero-order valence-corrected chi connectivity index (χ0v) is 14.4. The van der Waals surface area contributed by atoms with Gasteiger partial charge >= 0.3 is 0 Å². The number of ether oxygens (including phenoxy) is 2. The van der Waals surface area contributed by atoms with Crippen molar-refractivity contribution in [2.45, 2.75) is 39.0 Å². The number of likely N-dealkylation sites (N-methyl/N-ethyl adjacent to an activating group) is 2. The monoisotopic (exact) mass is 298 g/mol. The first kappa shape index (κ1) is 17.9. The van der Waals surface area contributed by atoms with Crippen LogP contribution in [0.1, 0.15) is 32.5 Å². The minimum absolute atomic E-state index is 0.00272. The molecule has 21 heavy (non-hydrogen) atoms. The first-order chi connectivity index (χ1) is 9.87. The standard InChI is InChI=1S/C15H30N4O2/c1-8-21-15(2,3)14(16-4)13-12(20-7)11-17-19(13)10-9-18(5)6/h11,14,16H,8-10H2,1-7H3. The van der Waals surface area contributed by atoms with Gasteiger partial charge in [-0.05, 0) is 41.9 Å². The van der Waals surface area contributed by atoms with Crippen LogP contribution < -0.4 is 10.1 Å². The van der Waals surface area contributed by atoms with Crippen LogP contribution in [0.3, 0.4) is 0 Å². The van der Waals surface area contributed by atoms with Gasteiger partial charge < -0.3 is 19.7 Å². The van der Waals surface area contributed by atoms with Gasteiger partial charge in [-0.25, -0.2) is 0 Å². The third-order valence-corrected chi connectivity index (χ3v) is 3.60. The summed E-state index contributed by atoms with van der Waals surface area (Å²) in [6.45, 7) is 8.57. The van der Waals surface area contributed by atoms with Crippen LogP contribution in [0.5, 0.6) is 5.75 Å². The van der Waals surface area contributed by atoms with Crippen LogP contribution in [0.25, 0.3) is 0 Å². The highest BCUT2D eigenvalue weighted by atomic mass is 16.5. The van der Waals surface area contributed by atoms with Crippen molar-refractivity contribution in [1.29, 1.82) is 0 Å². The predicted octanol–water partition coefficient (Wildman–Crippen LogP) is 1.53. The number of hydrogen-bond acceptors (Lipinski definition) is 5. The Kier molecular flexibility index (Phi) is 6.64. The molecule has 6 nitrogen and oxygen atoms in total. The van der Waals surface area contributed by atoms with Crippen molar-refractivity contribution in [2.24, 2.45) is 0 Å². The second-order valence-corrected chi connectivity index (χ2v) is 5.88. The Hall–Kier alpha value is -1.11. The molecule has 0 saturated heterocycles. The van der Waals surface area contributed by atoms with E-state index in [9.17, 15) is 0 Å². The Morgan fingerprint density at radius 2 is 2.10 bits per heavy atom. The van der Waals surface area contributed by atoms with E-state index in [1.54, 1.807) is 13.3 Å². The number of nitrogens with one attached hydrogen (secondary N) is 1. The first-order valence-electron chi connectivity index (χ1n) is 7.43. The molecule has 1 unspecified atom stereocenters. The van der Waals surface area contributed by atoms with E-state index in [-0.39, 0.29) is 11.6 Å². The fraction of sp³-hybridized carbons (Fsp3) is 0.800. The molecule has 0 aliphatic carbocycles. The molecule has 6 heteroatoms. The number of aromatic nitrogens is 2.